The van der Waals surface area contributed by atoms with Crippen molar-refractivity contribution in [1.29, 1.82) is 0 Å². The summed E-state index contributed by atoms with van der Waals surface area (Å²) < 4.78 is 5.38. The third-order valence-corrected chi connectivity index (χ3v) is 3.60. The Morgan fingerprint density at radius 2 is 2.12 bits per heavy atom. The molecular formula is C11H11N3OS. The van der Waals surface area contributed by atoms with Crippen LogP contribution in [0.3, 0.4) is 0 Å². The molecule has 1 aliphatic heterocycles. The SMILES string of the molecule is NCc1nnc(-c2ccc3c(c2)COC3)s1. The Kier molecular flexibility index (Phi) is 2.43. The summed E-state index contributed by atoms with van der Waals surface area (Å²) in [5, 5.41) is 9.94. The summed E-state index contributed by atoms with van der Waals surface area (Å²) in [6.07, 6.45) is 0. The molecule has 2 heterocycles. The van der Waals surface area contributed by atoms with E-state index in [2.05, 4.69) is 28.4 Å². The van der Waals surface area contributed by atoms with Crippen molar-refractivity contribution in [3.8, 4) is 10.6 Å². The van der Waals surface area contributed by atoms with Crippen LogP contribution in [0.25, 0.3) is 10.6 Å². The van der Waals surface area contributed by atoms with E-state index >= 15 is 0 Å². The lowest BCUT2D eigenvalue weighted by atomic mass is 10.1. The van der Waals surface area contributed by atoms with Crippen molar-refractivity contribution in [2.24, 2.45) is 5.73 Å². The molecule has 3 rings (SSSR count). The Balaban J connectivity index is 2.00. The molecule has 0 radical (unpaired) electrons. The summed E-state index contributed by atoms with van der Waals surface area (Å²) in [5.74, 6) is 0. The summed E-state index contributed by atoms with van der Waals surface area (Å²) in [6.45, 7) is 1.87. The number of fused-ring (bicyclic) bond motifs is 1. The molecule has 4 nitrogen and oxygen atoms in total. The number of nitrogens with zero attached hydrogens (tertiary/aromatic N) is 2. The first-order valence-electron chi connectivity index (χ1n) is 5.09. The largest absolute Gasteiger partial charge is 0.372 e. The minimum Gasteiger partial charge on any atom is -0.372 e. The number of aromatic nitrogens is 2. The fourth-order valence-corrected chi connectivity index (χ4v) is 2.47. The smallest absolute Gasteiger partial charge is 0.147 e. The van der Waals surface area contributed by atoms with E-state index in [0.717, 1.165) is 22.2 Å². The van der Waals surface area contributed by atoms with Crippen LogP contribution in [0, 0.1) is 0 Å². The van der Waals surface area contributed by atoms with Crippen LogP contribution in [0.5, 0.6) is 0 Å². The zero-order valence-electron chi connectivity index (χ0n) is 8.64. The van der Waals surface area contributed by atoms with Crippen LogP contribution in [0.1, 0.15) is 16.1 Å². The minimum atomic E-state index is 0.450. The molecule has 2 N–H and O–H groups in total. The fraction of sp³-hybridized carbons (Fsp3) is 0.273. The summed E-state index contributed by atoms with van der Waals surface area (Å²) in [5.41, 5.74) is 9.14. The molecule has 0 amide bonds. The molecule has 0 saturated carbocycles. The fourth-order valence-electron chi connectivity index (χ4n) is 1.76. The average Bonchev–Trinajstić information content (AvgIpc) is 2.96. The van der Waals surface area contributed by atoms with Gasteiger partial charge in [0, 0.05) is 12.1 Å². The molecule has 1 aromatic heterocycles. The lowest BCUT2D eigenvalue weighted by Gasteiger charge is -1.99. The second-order valence-electron chi connectivity index (χ2n) is 3.68. The van der Waals surface area contributed by atoms with Gasteiger partial charge in [0.1, 0.15) is 10.0 Å². The quantitative estimate of drug-likeness (QED) is 0.857. The maximum Gasteiger partial charge on any atom is 0.147 e. The maximum absolute atomic E-state index is 5.52. The number of benzene rings is 1. The first-order chi connectivity index (χ1) is 7.86. The van der Waals surface area contributed by atoms with E-state index in [9.17, 15) is 0 Å². The highest BCUT2D eigenvalue weighted by Gasteiger charge is 2.13. The summed E-state index contributed by atoms with van der Waals surface area (Å²) in [6, 6.07) is 6.29. The number of hydrogen-bond acceptors (Lipinski definition) is 5. The molecular weight excluding hydrogens is 222 g/mol. The van der Waals surface area contributed by atoms with E-state index in [1.807, 2.05) is 0 Å². The topological polar surface area (TPSA) is 61.0 Å². The Morgan fingerprint density at radius 1 is 1.25 bits per heavy atom. The Bertz CT molecular complexity index is 524. The monoisotopic (exact) mass is 233 g/mol. The van der Waals surface area contributed by atoms with Gasteiger partial charge in [-0.3, -0.25) is 0 Å². The van der Waals surface area contributed by atoms with Crippen molar-refractivity contribution in [3.63, 3.8) is 0 Å². The maximum atomic E-state index is 5.52. The third-order valence-electron chi connectivity index (χ3n) is 2.61. The Labute approximate surface area is 97.1 Å². The number of ether oxygens (including phenoxy) is 1. The van der Waals surface area contributed by atoms with Crippen molar-refractivity contribution in [2.75, 3.05) is 0 Å². The van der Waals surface area contributed by atoms with Gasteiger partial charge in [-0.05, 0) is 17.2 Å². The van der Waals surface area contributed by atoms with Crippen LogP contribution in [0.15, 0.2) is 18.2 Å². The molecule has 0 atom stereocenters. The van der Waals surface area contributed by atoms with E-state index in [4.69, 9.17) is 10.5 Å². The van der Waals surface area contributed by atoms with Gasteiger partial charge in [-0.15, -0.1) is 10.2 Å². The number of nitrogens with two attached hydrogens (primary N) is 1. The molecule has 2 aromatic rings. The van der Waals surface area contributed by atoms with E-state index in [1.54, 1.807) is 11.3 Å². The van der Waals surface area contributed by atoms with Gasteiger partial charge in [-0.2, -0.15) is 0 Å². The molecule has 0 unspecified atom stereocenters. The van der Waals surface area contributed by atoms with Gasteiger partial charge in [0.15, 0.2) is 0 Å². The van der Waals surface area contributed by atoms with E-state index in [1.165, 1.54) is 11.1 Å². The molecule has 1 aromatic carbocycles. The molecule has 5 heteroatoms. The van der Waals surface area contributed by atoms with Crippen LogP contribution in [-0.4, -0.2) is 10.2 Å². The van der Waals surface area contributed by atoms with Gasteiger partial charge in [-0.25, -0.2) is 0 Å². The average molecular weight is 233 g/mol. The van der Waals surface area contributed by atoms with Gasteiger partial charge in [0.25, 0.3) is 0 Å². The summed E-state index contributed by atoms with van der Waals surface area (Å²) >= 11 is 1.54. The lowest BCUT2D eigenvalue weighted by molar-refractivity contribution is 0.134. The summed E-state index contributed by atoms with van der Waals surface area (Å²) in [4.78, 5) is 0. The molecule has 0 fully saturated rings. The first kappa shape index (κ1) is 9.89. The second kappa shape index (κ2) is 3.93. The van der Waals surface area contributed by atoms with Crippen LogP contribution in [-0.2, 0) is 24.5 Å². The normalized spacial score (nSPS) is 14.1. The zero-order chi connectivity index (χ0) is 11.0. The molecule has 82 valence electrons. The van der Waals surface area contributed by atoms with Gasteiger partial charge in [0.2, 0.25) is 0 Å². The van der Waals surface area contributed by atoms with E-state index < -0.39 is 0 Å². The highest BCUT2D eigenvalue weighted by Crippen LogP contribution is 2.28. The van der Waals surface area contributed by atoms with Crippen molar-refractivity contribution in [3.05, 3.63) is 34.3 Å². The van der Waals surface area contributed by atoms with Gasteiger partial charge in [-0.1, -0.05) is 23.5 Å². The minimum absolute atomic E-state index is 0.450. The van der Waals surface area contributed by atoms with Crippen LogP contribution >= 0.6 is 11.3 Å². The van der Waals surface area contributed by atoms with E-state index in [-0.39, 0.29) is 0 Å². The first-order valence-corrected chi connectivity index (χ1v) is 5.91. The lowest BCUT2D eigenvalue weighted by Crippen LogP contribution is -1.94. The van der Waals surface area contributed by atoms with Gasteiger partial charge >= 0.3 is 0 Å². The van der Waals surface area contributed by atoms with Gasteiger partial charge in [0.05, 0.1) is 13.2 Å². The van der Waals surface area contributed by atoms with Crippen LogP contribution < -0.4 is 5.73 Å². The summed E-state index contributed by atoms with van der Waals surface area (Å²) in [7, 11) is 0. The molecule has 1 aliphatic rings. The second-order valence-corrected chi connectivity index (χ2v) is 4.74. The van der Waals surface area contributed by atoms with Crippen molar-refractivity contribution in [2.45, 2.75) is 19.8 Å². The number of rotatable bonds is 2. The molecule has 0 spiro atoms. The van der Waals surface area contributed by atoms with E-state index in [0.29, 0.717) is 13.2 Å². The predicted octanol–water partition coefficient (Wildman–Crippen LogP) is 1.69. The van der Waals surface area contributed by atoms with Crippen molar-refractivity contribution >= 4 is 11.3 Å². The standard InChI is InChI=1S/C11H11N3OS/c12-4-10-13-14-11(16-10)7-1-2-8-5-15-6-9(8)3-7/h1-3H,4-6,12H2. The highest BCUT2D eigenvalue weighted by molar-refractivity contribution is 7.14. The molecule has 0 aliphatic carbocycles. The van der Waals surface area contributed by atoms with Crippen molar-refractivity contribution in [1.82, 2.24) is 10.2 Å². The highest BCUT2D eigenvalue weighted by atomic mass is 32.1. The Morgan fingerprint density at radius 3 is 2.94 bits per heavy atom. The molecule has 0 bridgehead atoms. The van der Waals surface area contributed by atoms with Crippen molar-refractivity contribution < 1.29 is 4.74 Å². The van der Waals surface area contributed by atoms with Gasteiger partial charge < -0.3 is 10.5 Å². The van der Waals surface area contributed by atoms with Crippen LogP contribution in [0.2, 0.25) is 0 Å². The molecule has 16 heavy (non-hydrogen) atoms. The third kappa shape index (κ3) is 1.63. The predicted molar refractivity (Wildman–Crippen MR) is 61.7 cm³/mol. The van der Waals surface area contributed by atoms with Crippen LogP contribution in [0.4, 0.5) is 0 Å². The Hall–Kier alpha value is -1.30. The molecule has 0 saturated heterocycles. The number of hydrogen-bond donors (Lipinski definition) is 1. The zero-order valence-corrected chi connectivity index (χ0v) is 9.46.